The van der Waals surface area contributed by atoms with Crippen molar-refractivity contribution in [3.05, 3.63) is 53.7 Å². The number of nitrogens with zero attached hydrogens (tertiary/aromatic N) is 1. The molecule has 100 valence electrons. The average Bonchev–Trinajstić information content (AvgIpc) is 2.47. The molecule has 1 unspecified atom stereocenters. The highest BCUT2D eigenvalue weighted by molar-refractivity contribution is 5.38. The maximum atomic E-state index is 10.4. The summed E-state index contributed by atoms with van der Waals surface area (Å²) in [6.45, 7) is 2.52. The van der Waals surface area contributed by atoms with Gasteiger partial charge in [0.2, 0.25) is 5.88 Å². The van der Waals surface area contributed by atoms with Gasteiger partial charge >= 0.3 is 0 Å². The molecule has 0 aliphatic rings. The Balaban J connectivity index is 2.32. The number of hydrogen-bond acceptors (Lipinski definition) is 4. The Morgan fingerprint density at radius 1 is 1.26 bits per heavy atom. The van der Waals surface area contributed by atoms with E-state index in [1.165, 1.54) is 7.11 Å². The smallest absolute Gasteiger partial charge is 0.219 e. The van der Waals surface area contributed by atoms with E-state index in [4.69, 9.17) is 9.47 Å². The van der Waals surface area contributed by atoms with Crippen LogP contribution in [0.5, 0.6) is 11.6 Å². The van der Waals surface area contributed by atoms with Gasteiger partial charge in [-0.1, -0.05) is 12.1 Å². The molecule has 0 aliphatic carbocycles. The summed E-state index contributed by atoms with van der Waals surface area (Å²) in [6.07, 6.45) is 0.843. The van der Waals surface area contributed by atoms with Crippen LogP contribution in [-0.4, -0.2) is 23.8 Å². The lowest BCUT2D eigenvalue weighted by Gasteiger charge is -2.15. The number of methoxy groups -OCH3 is 1. The molecule has 1 aromatic carbocycles. The van der Waals surface area contributed by atoms with Crippen molar-refractivity contribution in [1.82, 2.24) is 4.98 Å². The molecule has 19 heavy (non-hydrogen) atoms. The lowest BCUT2D eigenvalue weighted by atomic mass is 10.0. The van der Waals surface area contributed by atoms with E-state index >= 15 is 0 Å². The van der Waals surface area contributed by atoms with Gasteiger partial charge in [0.1, 0.15) is 11.9 Å². The monoisotopic (exact) mass is 259 g/mol. The number of aromatic nitrogens is 1. The maximum absolute atomic E-state index is 10.4. The summed E-state index contributed by atoms with van der Waals surface area (Å²) >= 11 is 0. The van der Waals surface area contributed by atoms with Crippen LogP contribution >= 0.6 is 0 Å². The maximum Gasteiger partial charge on any atom is 0.219 e. The highest BCUT2D eigenvalue weighted by Gasteiger charge is 2.16. The van der Waals surface area contributed by atoms with Crippen molar-refractivity contribution >= 4 is 0 Å². The molecule has 0 amide bonds. The van der Waals surface area contributed by atoms with Gasteiger partial charge in [0.15, 0.2) is 0 Å². The first kappa shape index (κ1) is 13.4. The van der Waals surface area contributed by atoms with Crippen LogP contribution in [0.4, 0.5) is 0 Å². The van der Waals surface area contributed by atoms with Crippen LogP contribution < -0.4 is 9.47 Å². The SMILES string of the molecule is CCOc1cccc(C(O)c2cccnc2OC)c1. The normalized spacial score (nSPS) is 11.9. The molecule has 1 N–H and O–H groups in total. The summed E-state index contributed by atoms with van der Waals surface area (Å²) in [7, 11) is 1.54. The predicted molar refractivity (Wildman–Crippen MR) is 72.5 cm³/mol. The van der Waals surface area contributed by atoms with Crippen LogP contribution in [0.1, 0.15) is 24.2 Å². The van der Waals surface area contributed by atoms with E-state index in [1.54, 1.807) is 18.3 Å². The third-order valence-electron chi connectivity index (χ3n) is 2.77. The molecule has 4 heteroatoms. The summed E-state index contributed by atoms with van der Waals surface area (Å²) in [5.41, 5.74) is 1.39. The zero-order valence-corrected chi connectivity index (χ0v) is 11.0. The minimum absolute atomic E-state index is 0.428. The van der Waals surface area contributed by atoms with Gasteiger partial charge in [-0.2, -0.15) is 0 Å². The van der Waals surface area contributed by atoms with E-state index < -0.39 is 6.10 Å². The van der Waals surface area contributed by atoms with Gasteiger partial charge in [-0.15, -0.1) is 0 Å². The lowest BCUT2D eigenvalue weighted by molar-refractivity contribution is 0.212. The lowest BCUT2D eigenvalue weighted by Crippen LogP contribution is -2.04. The summed E-state index contributed by atoms with van der Waals surface area (Å²) in [5, 5.41) is 10.4. The molecule has 2 aromatic rings. The van der Waals surface area contributed by atoms with Crippen LogP contribution in [0.3, 0.4) is 0 Å². The van der Waals surface area contributed by atoms with E-state index in [0.717, 1.165) is 11.3 Å². The van der Waals surface area contributed by atoms with Crippen LogP contribution in [-0.2, 0) is 0 Å². The number of ether oxygens (including phenoxy) is 2. The molecule has 0 aliphatic heterocycles. The molecular formula is C15H17NO3. The van der Waals surface area contributed by atoms with Gasteiger partial charge in [0.05, 0.1) is 13.7 Å². The number of rotatable bonds is 5. The predicted octanol–water partition coefficient (Wildman–Crippen LogP) is 2.57. The van der Waals surface area contributed by atoms with Gasteiger partial charge in [-0.25, -0.2) is 4.98 Å². The molecule has 0 fully saturated rings. The van der Waals surface area contributed by atoms with Crippen molar-refractivity contribution in [2.75, 3.05) is 13.7 Å². The largest absolute Gasteiger partial charge is 0.494 e. The van der Waals surface area contributed by atoms with Crippen molar-refractivity contribution in [2.24, 2.45) is 0 Å². The number of aliphatic hydroxyl groups is 1. The van der Waals surface area contributed by atoms with Crippen molar-refractivity contribution in [1.29, 1.82) is 0 Å². The molecule has 0 saturated carbocycles. The Kier molecular flexibility index (Phi) is 4.36. The topological polar surface area (TPSA) is 51.6 Å². The molecule has 0 radical (unpaired) electrons. The summed E-state index contributed by atoms with van der Waals surface area (Å²) in [4.78, 5) is 4.09. The standard InChI is InChI=1S/C15H17NO3/c1-3-19-12-7-4-6-11(10-12)14(17)13-8-5-9-16-15(13)18-2/h4-10,14,17H,3H2,1-2H3. The zero-order chi connectivity index (χ0) is 13.7. The van der Waals surface area contributed by atoms with Crippen LogP contribution in [0.15, 0.2) is 42.6 Å². The Labute approximate surface area is 112 Å². The second kappa shape index (κ2) is 6.20. The summed E-state index contributed by atoms with van der Waals surface area (Å²) in [5.74, 6) is 1.17. The Bertz CT molecular complexity index is 542. The van der Waals surface area contributed by atoms with Gasteiger partial charge in [0.25, 0.3) is 0 Å². The van der Waals surface area contributed by atoms with E-state index in [1.807, 2.05) is 31.2 Å². The fraction of sp³-hybridized carbons (Fsp3) is 0.267. The van der Waals surface area contributed by atoms with Gasteiger partial charge in [-0.05, 0) is 36.8 Å². The van der Waals surface area contributed by atoms with Crippen molar-refractivity contribution in [2.45, 2.75) is 13.0 Å². The molecule has 1 aromatic heterocycles. The van der Waals surface area contributed by atoms with E-state index in [2.05, 4.69) is 4.98 Å². The third kappa shape index (κ3) is 3.03. The highest BCUT2D eigenvalue weighted by atomic mass is 16.5. The number of hydrogen-bond donors (Lipinski definition) is 1. The average molecular weight is 259 g/mol. The number of pyridine rings is 1. The van der Waals surface area contributed by atoms with Crippen molar-refractivity contribution in [3.63, 3.8) is 0 Å². The Morgan fingerprint density at radius 3 is 2.84 bits per heavy atom. The Hall–Kier alpha value is -2.07. The molecule has 1 heterocycles. The number of aliphatic hydroxyl groups excluding tert-OH is 1. The summed E-state index contributed by atoms with van der Waals surface area (Å²) < 4.78 is 10.6. The molecule has 2 rings (SSSR count). The van der Waals surface area contributed by atoms with Crippen LogP contribution in [0.2, 0.25) is 0 Å². The highest BCUT2D eigenvalue weighted by Crippen LogP contribution is 2.29. The summed E-state index contributed by atoms with van der Waals surface area (Å²) in [6, 6.07) is 10.9. The quantitative estimate of drug-likeness (QED) is 0.896. The molecular weight excluding hydrogens is 242 g/mol. The van der Waals surface area contributed by atoms with Crippen molar-refractivity contribution in [3.8, 4) is 11.6 Å². The third-order valence-corrected chi connectivity index (χ3v) is 2.77. The first-order valence-corrected chi connectivity index (χ1v) is 6.16. The first-order chi connectivity index (χ1) is 9.26. The molecule has 1 atom stereocenters. The minimum atomic E-state index is -0.788. The van der Waals surface area contributed by atoms with Gasteiger partial charge in [-0.3, -0.25) is 0 Å². The van der Waals surface area contributed by atoms with Crippen LogP contribution in [0, 0.1) is 0 Å². The van der Waals surface area contributed by atoms with Gasteiger partial charge in [0, 0.05) is 11.8 Å². The molecule has 0 bridgehead atoms. The zero-order valence-electron chi connectivity index (χ0n) is 11.0. The Morgan fingerprint density at radius 2 is 2.11 bits per heavy atom. The molecule has 0 saturated heterocycles. The van der Waals surface area contributed by atoms with Gasteiger partial charge < -0.3 is 14.6 Å². The van der Waals surface area contributed by atoms with Crippen molar-refractivity contribution < 1.29 is 14.6 Å². The molecule has 0 spiro atoms. The van der Waals surface area contributed by atoms with E-state index in [0.29, 0.717) is 18.1 Å². The molecule has 4 nitrogen and oxygen atoms in total. The van der Waals surface area contributed by atoms with E-state index in [9.17, 15) is 5.11 Å². The first-order valence-electron chi connectivity index (χ1n) is 6.16. The fourth-order valence-electron chi connectivity index (χ4n) is 1.90. The van der Waals surface area contributed by atoms with E-state index in [-0.39, 0.29) is 0 Å². The second-order valence-electron chi connectivity index (χ2n) is 4.01. The van der Waals surface area contributed by atoms with Crippen LogP contribution in [0.25, 0.3) is 0 Å². The fourth-order valence-corrected chi connectivity index (χ4v) is 1.90. The minimum Gasteiger partial charge on any atom is -0.494 e. The number of benzene rings is 1. The second-order valence-corrected chi connectivity index (χ2v) is 4.01.